The predicted molar refractivity (Wildman–Crippen MR) is 107 cm³/mol. The number of carbonyl (C=O) groups is 5. The van der Waals surface area contributed by atoms with E-state index in [2.05, 4.69) is 4.74 Å². The van der Waals surface area contributed by atoms with Crippen LogP contribution in [-0.2, 0) is 14.3 Å². The standard InChI is InChI=1S/C24H16O6/c25-20(16-10-4-1-5-11-16)19(21(26)17-12-6-2-7-13-17)22(27)24(29)30-23(28)18-14-8-3-9-15-18/h1-15,19H. The van der Waals surface area contributed by atoms with Gasteiger partial charge in [-0.1, -0.05) is 78.9 Å². The van der Waals surface area contributed by atoms with Gasteiger partial charge in [0.05, 0.1) is 5.56 Å². The lowest BCUT2D eigenvalue weighted by Gasteiger charge is -2.13. The van der Waals surface area contributed by atoms with Crippen LogP contribution in [-0.4, -0.2) is 29.3 Å². The Morgan fingerprint density at radius 1 is 0.533 bits per heavy atom. The summed E-state index contributed by atoms with van der Waals surface area (Å²) in [7, 11) is 0. The van der Waals surface area contributed by atoms with Crippen LogP contribution in [0.15, 0.2) is 91.0 Å². The Kier molecular flexibility index (Phi) is 6.39. The van der Waals surface area contributed by atoms with Gasteiger partial charge in [-0.05, 0) is 12.1 Å². The van der Waals surface area contributed by atoms with E-state index in [1.54, 1.807) is 54.6 Å². The van der Waals surface area contributed by atoms with Gasteiger partial charge in [-0.15, -0.1) is 0 Å². The number of rotatable bonds is 7. The van der Waals surface area contributed by atoms with Crippen molar-refractivity contribution < 1.29 is 28.7 Å². The minimum absolute atomic E-state index is 0.0546. The summed E-state index contributed by atoms with van der Waals surface area (Å²) >= 11 is 0. The van der Waals surface area contributed by atoms with Crippen LogP contribution in [0, 0.1) is 5.92 Å². The fraction of sp³-hybridized carbons (Fsp3) is 0.0417. The maximum atomic E-state index is 12.9. The van der Waals surface area contributed by atoms with Gasteiger partial charge in [0.1, 0.15) is 0 Å². The SMILES string of the molecule is O=C(OC(=O)c1ccccc1)C(=O)C(C(=O)c1ccccc1)C(=O)c1ccccc1. The molecule has 0 saturated heterocycles. The van der Waals surface area contributed by atoms with Gasteiger partial charge in [0, 0.05) is 11.1 Å². The number of esters is 2. The van der Waals surface area contributed by atoms with E-state index in [1.807, 2.05) is 0 Å². The fourth-order valence-electron chi connectivity index (χ4n) is 2.78. The molecule has 0 unspecified atom stereocenters. The van der Waals surface area contributed by atoms with Gasteiger partial charge in [0.25, 0.3) is 5.78 Å². The molecule has 148 valence electrons. The molecule has 0 fully saturated rings. The van der Waals surface area contributed by atoms with Crippen molar-refractivity contribution in [2.75, 3.05) is 0 Å². The Hall–Kier alpha value is -4.19. The lowest BCUT2D eigenvalue weighted by Crippen LogP contribution is -2.38. The first kappa shape index (κ1) is 20.5. The number of Topliss-reactive ketones (excluding diaryl/α,β-unsaturated/α-hetero) is 3. The Bertz CT molecular complexity index is 1040. The van der Waals surface area contributed by atoms with Gasteiger partial charge in [-0.3, -0.25) is 14.4 Å². The van der Waals surface area contributed by atoms with Crippen LogP contribution in [0.1, 0.15) is 31.1 Å². The third kappa shape index (κ3) is 4.62. The molecule has 0 saturated carbocycles. The quantitative estimate of drug-likeness (QED) is 0.261. The molecule has 0 aliphatic carbocycles. The third-order valence-corrected chi connectivity index (χ3v) is 4.30. The second kappa shape index (κ2) is 9.34. The minimum atomic E-state index is -1.95. The van der Waals surface area contributed by atoms with E-state index in [0.29, 0.717) is 0 Å². The van der Waals surface area contributed by atoms with Crippen LogP contribution in [0.5, 0.6) is 0 Å². The molecular formula is C24H16O6. The summed E-state index contributed by atoms with van der Waals surface area (Å²) in [6.07, 6.45) is 0. The normalized spacial score (nSPS) is 10.3. The highest BCUT2D eigenvalue weighted by molar-refractivity contribution is 6.47. The van der Waals surface area contributed by atoms with Crippen LogP contribution >= 0.6 is 0 Å². The van der Waals surface area contributed by atoms with E-state index in [0.717, 1.165) is 0 Å². The first-order valence-electron chi connectivity index (χ1n) is 9.03. The van der Waals surface area contributed by atoms with E-state index >= 15 is 0 Å². The maximum absolute atomic E-state index is 12.9. The first-order chi connectivity index (χ1) is 14.5. The van der Waals surface area contributed by atoms with E-state index < -0.39 is 35.2 Å². The fourth-order valence-corrected chi connectivity index (χ4v) is 2.78. The lowest BCUT2D eigenvalue weighted by atomic mass is 9.86. The zero-order valence-corrected chi connectivity index (χ0v) is 15.7. The van der Waals surface area contributed by atoms with Crippen molar-refractivity contribution in [1.29, 1.82) is 0 Å². The molecule has 3 aromatic rings. The Balaban J connectivity index is 1.90. The highest BCUT2D eigenvalue weighted by Crippen LogP contribution is 2.18. The van der Waals surface area contributed by atoms with Crippen molar-refractivity contribution in [3.05, 3.63) is 108 Å². The summed E-state index contributed by atoms with van der Waals surface area (Å²) in [5.41, 5.74) is 0.226. The van der Waals surface area contributed by atoms with E-state index in [4.69, 9.17) is 0 Å². The van der Waals surface area contributed by atoms with Crippen molar-refractivity contribution in [3.63, 3.8) is 0 Å². The van der Waals surface area contributed by atoms with Crippen molar-refractivity contribution >= 4 is 29.3 Å². The maximum Gasteiger partial charge on any atom is 0.383 e. The molecule has 0 radical (unpaired) electrons. The largest absolute Gasteiger partial charge is 0.383 e. The molecule has 0 bridgehead atoms. The number of ether oxygens (including phenoxy) is 1. The van der Waals surface area contributed by atoms with Crippen molar-refractivity contribution in [3.8, 4) is 0 Å². The van der Waals surface area contributed by atoms with Gasteiger partial charge in [-0.25, -0.2) is 9.59 Å². The number of hydrogen-bond donors (Lipinski definition) is 0. The van der Waals surface area contributed by atoms with Crippen LogP contribution in [0.2, 0.25) is 0 Å². The lowest BCUT2D eigenvalue weighted by molar-refractivity contribution is -0.150. The molecule has 0 N–H and O–H groups in total. The van der Waals surface area contributed by atoms with Crippen LogP contribution in [0.4, 0.5) is 0 Å². The van der Waals surface area contributed by atoms with Crippen LogP contribution < -0.4 is 0 Å². The molecular weight excluding hydrogens is 384 g/mol. The van der Waals surface area contributed by atoms with Gasteiger partial charge >= 0.3 is 11.9 Å². The molecule has 6 nitrogen and oxygen atoms in total. The highest BCUT2D eigenvalue weighted by atomic mass is 16.6. The highest BCUT2D eigenvalue weighted by Gasteiger charge is 2.40. The van der Waals surface area contributed by atoms with Crippen molar-refractivity contribution in [2.24, 2.45) is 5.92 Å². The molecule has 0 aliphatic rings. The number of ketones is 3. The van der Waals surface area contributed by atoms with Crippen LogP contribution in [0.3, 0.4) is 0 Å². The minimum Gasteiger partial charge on any atom is -0.383 e. The van der Waals surface area contributed by atoms with Gasteiger partial charge in [0.2, 0.25) is 0 Å². The summed E-state index contributed by atoms with van der Waals surface area (Å²) in [5.74, 6) is -7.67. The summed E-state index contributed by atoms with van der Waals surface area (Å²) in [4.78, 5) is 63.1. The molecule has 0 spiro atoms. The van der Waals surface area contributed by atoms with Gasteiger partial charge in [-0.2, -0.15) is 0 Å². The third-order valence-electron chi connectivity index (χ3n) is 4.30. The Morgan fingerprint density at radius 2 is 0.900 bits per heavy atom. The Labute approximate surface area is 172 Å². The second-order valence-corrected chi connectivity index (χ2v) is 6.30. The molecule has 0 atom stereocenters. The molecule has 0 aliphatic heterocycles. The summed E-state index contributed by atoms with van der Waals surface area (Å²) in [5, 5.41) is 0. The van der Waals surface area contributed by atoms with E-state index in [9.17, 15) is 24.0 Å². The zero-order valence-electron chi connectivity index (χ0n) is 15.7. The summed E-state index contributed by atoms with van der Waals surface area (Å²) in [6, 6.07) is 22.9. The molecule has 6 heteroatoms. The summed E-state index contributed by atoms with van der Waals surface area (Å²) in [6.45, 7) is 0. The molecule has 3 aromatic carbocycles. The number of benzene rings is 3. The molecule has 0 heterocycles. The van der Waals surface area contributed by atoms with Gasteiger partial charge < -0.3 is 4.74 Å². The average molecular weight is 400 g/mol. The molecule has 0 amide bonds. The van der Waals surface area contributed by atoms with Crippen molar-refractivity contribution in [1.82, 2.24) is 0 Å². The number of hydrogen-bond acceptors (Lipinski definition) is 6. The summed E-state index contributed by atoms with van der Waals surface area (Å²) < 4.78 is 4.62. The van der Waals surface area contributed by atoms with E-state index in [-0.39, 0.29) is 16.7 Å². The molecule has 0 aromatic heterocycles. The molecule has 3 rings (SSSR count). The number of carbonyl (C=O) groups excluding carboxylic acids is 5. The topological polar surface area (TPSA) is 94.6 Å². The molecule has 30 heavy (non-hydrogen) atoms. The smallest absolute Gasteiger partial charge is 0.383 e. The first-order valence-corrected chi connectivity index (χ1v) is 9.03. The van der Waals surface area contributed by atoms with Gasteiger partial charge in [0.15, 0.2) is 17.5 Å². The van der Waals surface area contributed by atoms with E-state index in [1.165, 1.54) is 36.4 Å². The Morgan fingerprint density at radius 3 is 1.30 bits per heavy atom. The van der Waals surface area contributed by atoms with Crippen LogP contribution in [0.25, 0.3) is 0 Å². The second-order valence-electron chi connectivity index (χ2n) is 6.30. The predicted octanol–water partition coefficient (Wildman–Crippen LogP) is 3.32. The van der Waals surface area contributed by atoms with Crippen molar-refractivity contribution in [2.45, 2.75) is 0 Å². The average Bonchev–Trinajstić information content (AvgIpc) is 2.80. The monoisotopic (exact) mass is 400 g/mol. The zero-order chi connectivity index (χ0) is 21.5.